The van der Waals surface area contributed by atoms with Crippen LogP contribution in [0.15, 0.2) is 23.0 Å². The fourth-order valence-corrected chi connectivity index (χ4v) is 2.47. The molecule has 1 aromatic heterocycles. The summed E-state index contributed by atoms with van der Waals surface area (Å²) in [5, 5.41) is 18.7. The first-order valence-electron chi connectivity index (χ1n) is 6.03. The monoisotopic (exact) mass is 322 g/mol. The van der Waals surface area contributed by atoms with Crippen LogP contribution in [-0.4, -0.2) is 27.1 Å². The third kappa shape index (κ3) is 2.53. The number of H-pyrrole nitrogens is 1. The van der Waals surface area contributed by atoms with Gasteiger partial charge in [-0.25, -0.2) is 9.59 Å². The number of pyridine rings is 1. The van der Waals surface area contributed by atoms with E-state index < -0.39 is 34.4 Å². The quantitative estimate of drug-likeness (QED) is 0.682. The second kappa shape index (κ2) is 5.53. The highest BCUT2D eigenvalue weighted by atomic mass is 35.5. The van der Waals surface area contributed by atoms with Gasteiger partial charge in [0, 0.05) is 16.1 Å². The lowest BCUT2D eigenvalue weighted by molar-refractivity contribution is 0.0695. The molecule has 0 aliphatic heterocycles. The van der Waals surface area contributed by atoms with Gasteiger partial charge in [0.1, 0.15) is 16.9 Å². The molecule has 0 aliphatic carbocycles. The van der Waals surface area contributed by atoms with Crippen LogP contribution in [0.1, 0.15) is 26.3 Å². The zero-order valence-electron chi connectivity index (χ0n) is 11.3. The molecular weight excluding hydrogens is 312 g/mol. The van der Waals surface area contributed by atoms with Crippen LogP contribution in [0, 0.1) is 6.92 Å². The van der Waals surface area contributed by atoms with Gasteiger partial charge in [-0.3, -0.25) is 4.79 Å². The van der Waals surface area contributed by atoms with Crippen molar-refractivity contribution in [1.29, 1.82) is 0 Å². The second-order valence-electron chi connectivity index (χ2n) is 4.59. The fourth-order valence-electron chi connectivity index (χ4n) is 2.14. The lowest BCUT2D eigenvalue weighted by Gasteiger charge is -2.13. The number of aromatic nitrogens is 1. The molecule has 2 rings (SSSR count). The first-order chi connectivity index (χ1) is 10.2. The van der Waals surface area contributed by atoms with Crippen molar-refractivity contribution in [2.75, 3.05) is 5.73 Å². The average molecular weight is 323 g/mol. The lowest BCUT2D eigenvalue weighted by Crippen LogP contribution is -2.24. The number of hydrogen-bond acceptors (Lipinski definition) is 4. The van der Waals surface area contributed by atoms with Gasteiger partial charge in [0.2, 0.25) is 0 Å². The van der Waals surface area contributed by atoms with Gasteiger partial charge in [0.25, 0.3) is 5.56 Å². The number of nitrogen functional groups attached to an aromatic ring is 1. The standard InChI is InChI=1S/C14H11ClN2O5/c1-5-2-3-6(7(15)4-5)8-9(13(19)20)11(16)17-12(18)10(8)14(21)22/h2-4H,1H3,(H,19,20)(H,21,22)(H3,16,17,18). The van der Waals surface area contributed by atoms with Gasteiger partial charge in [0.05, 0.1) is 0 Å². The van der Waals surface area contributed by atoms with Crippen LogP contribution in [0.2, 0.25) is 5.02 Å². The van der Waals surface area contributed by atoms with E-state index in [1.54, 1.807) is 13.0 Å². The molecule has 5 N–H and O–H groups in total. The van der Waals surface area contributed by atoms with Crippen molar-refractivity contribution in [3.63, 3.8) is 0 Å². The van der Waals surface area contributed by atoms with Crippen LogP contribution < -0.4 is 11.3 Å². The Morgan fingerprint density at radius 3 is 2.27 bits per heavy atom. The molecular formula is C14H11ClN2O5. The Morgan fingerprint density at radius 1 is 1.18 bits per heavy atom. The summed E-state index contributed by atoms with van der Waals surface area (Å²) < 4.78 is 0. The van der Waals surface area contributed by atoms with Gasteiger partial charge in [-0.2, -0.15) is 0 Å². The first-order valence-corrected chi connectivity index (χ1v) is 6.40. The Morgan fingerprint density at radius 2 is 1.77 bits per heavy atom. The van der Waals surface area contributed by atoms with E-state index in [0.717, 1.165) is 5.56 Å². The average Bonchev–Trinajstić information content (AvgIpc) is 2.36. The fraction of sp³-hybridized carbons (Fsp3) is 0.0714. The number of aromatic amines is 1. The van der Waals surface area contributed by atoms with Crippen LogP contribution in [0.3, 0.4) is 0 Å². The highest BCUT2D eigenvalue weighted by Crippen LogP contribution is 2.34. The molecule has 0 amide bonds. The van der Waals surface area contributed by atoms with Crippen molar-refractivity contribution >= 4 is 29.4 Å². The maximum absolute atomic E-state index is 11.9. The lowest BCUT2D eigenvalue weighted by atomic mass is 9.95. The molecule has 1 heterocycles. The molecule has 114 valence electrons. The van der Waals surface area contributed by atoms with Crippen LogP contribution in [0.25, 0.3) is 11.1 Å². The van der Waals surface area contributed by atoms with E-state index in [0.29, 0.717) is 0 Å². The van der Waals surface area contributed by atoms with Crippen molar-refractivity contribution in [2.24, 2.45) is 0 Å². The number of carbonyl (C=O) groups is 2. The van der Waals surface area contributed by atoms with Crippen LogP contribution in [0.5, 0.6) is 0 Å². The molecule has 0 saturated carbocycles. The van der Waals surface area contributed by atoms with E-state index >= 15 is 0 Å². The summed E-state index contributed by atoms with van der Waals surface area (Å²) in [6.07, 6.45) is 0. The predicted molar refractivity (Wildman–Crippen MR) is 80.6 cm³/mol. The summed E-state index contributed by atoms with van der Waals surface area (Å²) in [7, 11) is 0. The summed E-state index contributed by atoms with van der Waals surface area (Å²) in [5.41, 5.74) is 3.89. The summed E-state index contributed by atoms with van der Waals surface area (Å²) in [4.78, 5) is 36.7. The smallest absolute Gasteiger partial charge is 0.342 e. The van der Waals surface area contributed by atoms with Crippen LogP contribution in [-0.2, 0) is 0 Å². The minimum absolute atomic E-state index is 0.111. The molecule has 2 aromatic rings. The van der Waals surface area contributed by atoms with E-state index in [1.807, 2.05) is 4.98 Å². The third-order valence-corrected chi connectivity index (χ3v) is 3.38. The first kappa shape index (κ1) is 15.6. The number of rotatable bonds is 3. The van der Waals surface area contributed by atoms with Crippen molar-refractivity contribution in [1.82, 2.24) is 4.98 Å². The molecule has 0 bridgehead atoms. The number of nitrogens with two attached hydrogens (primary N) is 1. The van der Waals surface area contributed by atoms with Crippen LogP contribution >= 0.6 is 11.6 Å². The number of anilines is 1. The number of hydrogen-bond donors (Lipinski definition) is 4. The highest BCUT2D eigenvalue weighted by Gasteiger charge is 2.27. The molecule has 0 atom stereocenters. The Labute approximate surface area is 129 Å². The molecule has 0 unspecified atom stereocenters. The van der Waals surface area contributed by atoms with Crippen molar-refractivity contribution < 1.29 is 19.8 Å². The zero-order valence-corrected chi connectivity index (χ0v) is 12.1. The number of aromatic carboxylic acids is 2. The highest BCUT2D eigenvalue weighted by molar-refractivity contribution is 6.34. The second-order valence-corrected chi connectivity index (χ2v) is 4.99. The SMILES string of the molecule is Cc1ccc(-c2c(C(=O)O)c(N)[nH]c(=O)c2C(=O)O)c(Cl)c1. The Bertz CT molecular complexity index is 857. The number of carboxylic acids is 2. The molecule has 8 heteroatoms. The largest absolute Gasteiger partial charge is 0.478 e. The van der Waals surface area contributed by atoms with Gasteiger partial charge in [-0.15, -0.1) is 0 Å². The maximum Gasteiger partial charge on any atom is 0.342 e. The van der Waals surface area contributed by atoms with E-state index in [1.165, 1.54) is 12.1 Å². The molecule has 7 nitrogen and oxygen atoms in total. The zero-order chi connectivity index (χ0) is 16.6. The summed E-state index contributed by atoms with van der Waals surface area (Å²) in [6.45, 7) is 1.76. The Kier molecular flexibility index (Phi) is 3.92. The van der Waals surface area contributed by atoms with Crippen LogP contribution in [0.4, 0.5) is 5.82 Å². The topological polar surface area (TPSA) is 133 Å². The van der Waals surface area contributed by atoms with Gasteiger partial charge in [-0.05, 0) is 18.6 Å². The van der Waals surface area contributed by atoms with E-state index in [9.17, 15) is 24.6 Å². The molecule has 0 spiro atoms. The van der Waals surface area contributed by atoms with E-state index in [-0.39, 0.29) is 16.1 Å². The molecule has 0 fully saturated rings. The number of aryl methyl sites for hydroxylation is 1. The van der Waals surface area contributed by atoms with E-state index in [2.05, 4.69) is 0 Å². The van der Waals surface area contributed by atoms with Gasteiger partial charge >= 0.3 is 11.9 Å². The number of benzene rings is 1. The predicted octanol–water partition coefficient (Wildman–Crippen LogP) is 1.98. The minimum atomic E-state index is -1.57. The van der Waals surface area contributed by atoms with Gasteiger partial charge < -0.3 is 20.9 Å². The summed E-state index contributed by atoms with van der Waals surface area (Å²) in [5.74, 6) is -3.48. The maximum atomic E-state index is 11.9. The van der Waals surface area contributed by atoms with E-state index in [4.69, 9.17) is 17.3 Å². The van der Waals surface area contributed by atoms with Crippen molar-refractivity contribution in [3.05, 3.63) is 50.3 Å². The van der Waals surface area contributed by atoms with Gasteiger partial charge in [-0.1, -0.05) is 23.7 Å². The summed E-state index contributed by atoms with van der Waals surface area (Å²) in [6, 6.07) is 4.60. The normalized spacial score (nSPS) is 10.5. The van der Waals surface area contributed by atoms with Crippen molar-refractivity contribution in [2.45, 2.75) is 6.92 Å². The number of nitrogens with one attached hydrogen (secondary N) is 1. The Hall–Kier alpha value is -2.80. The van der Waals surface area contributed by atoms with Crippen molar-refractivity contribution in [3.8, 4) is 11.1 Å². The third-order valence-electron chi connectivity index (χ3n) is 3.07. The molecule has 1 aromatic carbocycles. The number of carboxylic acid groups (broad SMARTS) is 2. The Balaban J connectivity index is 3.02. The molecule has 0 aliphatic rings. The summed E-state index contributed by atoms with van der Waals surface area (Å²) >= 11 is 6.08. The molecule has 0 saturated heterocycles. The molecule has 0 radical (unpaired) electrons. The molecule has 22 heavy (non-hydrogen) atoms. The minimum Gasteiger partial charge on any atom is -0.478 e. The number of halogens is 1. The van der Waals surface area contributed by atoms with Gasteiger partial charge in [0.15, 0.2) is 0 Å².